The van der Waals surface area contributed by atoms with E-state index in [4.69, 9.17) is 4.89 Å². The van der Waals surface area contributed by atoms with Crippen molar-refractivity contribution in [2.24, 2.45) is 0 Å². The van der Waals surface area contributed by atoms with Crippen LogP contribution in [0.3, 0.4) is 0 Å². The van der Waals surface area contributed by atoms with Gasteiger partial charge in [-0.2, -0.15) is 0 Å². The molecule has 0 aliphatic rings. The average molecular weight is 181 g/mol. The molecule has 0 spiro atoms. The summed E-state index contributed by atoms with van der Waals surface area (Å²) < 4.78 is 13.8. The Hall–Kier alpha value is 2.01. The van der Waals surface area contributed by atoms with E-state index in [1.54, 1.807) is 0 Å². The minimum Gasteiger partial charge on any atom is -1.00 e. The zero-order valence-electron chi connectivity index (χ0n) is 5.83. The molecule has 0 aliphatic heterocycles. The summed E-state index contributed by atoms with van der Waals surface area (Å²) in [5.41, 5.74) is 0. The zero-order valence-corrected chi connectivity index (χ0v) is 9.66. The predicted molar refractivity (Wildman–Crippen MR) is 30.2 cm³/mol. The molecule has 0 heterocycles. The van der Waals surface area contributed by atoms with Gasteiger partial charge in [-0.15, -0.1) is 4.89 Å². The van der Waals surface area contributed by atoms with Gasteiger partial charge in [0.25, 0.3) is 0 Å². The molecule has 0 aromatic carbocycles. The van der Waals surface area contributed by atoms with Crippen LogP contribution in [0.2, 0.25) is 0 Å². The van der Waals surface area contributed by atoms with Gasteiger partial charge in [0.1, 0.15) is 0 Å². The van der Waals surface area contributed by atoms with Crippen molar-refractivity contribution in [2.75, 3.05) is 5.75 Å². The van der Waals surface area contributed by atoms with E-state index in [9.17, 15) is 4.57 Å². The maximum absolute atomic E-state index is 9.66. The largest absolute Gasteiger partial charge is 1.00 e. The Labute approximate surface area is 97.6 Å². The number of rotatable bonds is 3. The van der Waals surface area contributed by atoms with Crippen molar-refractivity contribution < 1.29 is 66.2 Å². The van der Waals surface area contributed by atoms with Crippen LogP contribution >= 0.6 is 20.3 Å². The van der Waals surface area contributed by atoms with Crippen molar-refractivity contribution in [2.45, 2.75) is 6.92 Å². The minimum atomic E-state index is -2.39. The second-order valence-electron chi connectivity index (χ2n) is 0.719. The van der Waals surface area contributed by atoms with E-state index in [1.165, 1.54) is 0 Å². The van der Waals surface area contributed by atoms with Gasteiger partial charge in [-0.1, -0.05) is 6.92 Å². The normalized spacial score (nSPS) is 10.0. The summed E-state index contributed by atoms with van der Waals surface area (Å²) in [7, 11) is -2.39. The van der Waals surface area contributed by atoms with Crippen molar-refractivity contribution in [3.8, 4) is 0 Å². The molecule has 44 valence electrons. The van der Waals surface area contributed by atoms with E-state index in [2.05, 4.69) is 3.97 Å². The molecule has 6 heteroatoms. The fraction of sp³-hybridized carbons (Fsp3) is 1.00. The van der Waals surface area contributed by atoms with Gasteiger partial charge in [-0.25, -0.2) is 0 Å². The van der Waals surface area contributed by atoms with E-state index in [0.29, 0.717) is 5.75 Å². The van der Waals surface area contributed by atoms with Gasteiger partial charge in [-0.05, 0) is 3.97 Å². The average Bonchev–Trinajstić information content (AvgIpc) is 1.61. The molecule has 0 aromatic heterocycles. The van der Waals surface area contributed by atoms with Gasteiger partial charge in [0.15, 0.2) is 0 Å². The first-order valence-corrected chi connectivity index (χ1v) is 3.77. The Morgan fingerprint density at radius 2 is 2.50 bits per heavy atom. The molecule has 0 amide bonds. The van der Waals surface area contributed by atoms with Crippen LogP contribution < -0.4 is 51.4 Å². The summed E-state index contributed by atoms with van der Waals surface area (Å²) in [5.74, 6) is 0.696. The predicted octanol–water partition coefficient (Wildman–Crippen LogP) is -1.56. The fourth-order valence-electron chi connectivity index (χ4n) is 0.0978. The molecular formula is C2H7KO3PS+. The van der Waals surface area contributed by atoms with Crippen molar-refractivity contribution in [3.05, 3.63) is 0 Å². The van der Waals surface area contributed by atoms with Gasteiger partial charge in [-0.3, -0.25) is 0 Å². The second kappa shape index (κ2) is 9.01. The van der Waals surface area contributed by atoms with Crippen LogP contribution in [0, 0.1) is 0 Å². The van der Waals surface area contributed by atoms with E-state index < -0.39 is 8.25 Å². The Morgan fingerprint density at radius 1 is 2.00 bits per heavy atom. The number of hydrogen-bond acceptors (Lipinski definition) is 3. The van der Waals surface area contributed by atoms with E-state index in [0.717, 1.165) is 12.0 Å². The molecule has 0 rings (SSSR count). The molecule has 0 bridgehead atoms. The summed E-state index contributed by atoms with van der Waals surface area (Å²) >= 11 is 0.983. The van der Waals surface area contributed by atoms with Crippen LogP contribution in [0.25, 0.3) is 0 Å². The Balaban J connectivity index is -0.000000180. The molecule has 0 aromatic rings. The van der Waals surface area contributed by atoms with E-state index in [-0.39, 0.29) is 52.8 Å². The fourth-order valence-corrected chi connectivity index (χ4v) is 0.880. The van der Waals surface area contributed by atoms with E-state index in [1.807, 2.05) is 6.92 Å². The first-order valence-electron chi connectivity index (χ1n) is 1.73. The summed E-state index contributed by atoms with van der Waals surface area (Å²) in [6, 6.07) is 0. The molecule has 0 aliphatic carbocycles. The smallest absolute Gasteiger partial charge is 1.00 e. The maximum Gasteiger partial charge on any atom is 1.00 e. The monoisotopic (exact) mass is 181 g/mol. The first kappa shape index (κ1) is 12.7. The van der Waals surface area contributed by atoms with Crippen molar-refractivity contribution in [1.29, 1.82) is 0 Å². The van der Waals surface area contributed by atoms with Gasteiger partial charge in [0.05, 0.1) is 12.0 Å². The first-order chi connectivity index (χ1) is 3.27. The molecule has 8 heavy (non-hydrogen) atoms. The molecule has 1 N–H and O–H groups in total. The third-order valence-electron chi connectivity index (χ3n) is 0.234. The third kappa shape index (κ3) is 10.9. The molecule has 0 saturated heterocycles. The minimum absolute atomic E-state index is 0. The van der Waals surface area contributed by atoms with Crippen LogP contribution in [0.4, 0.5) is 0 Å². The Kier molecular flexibility index (Phi) is 14.3. The zero-order chi connectivity index (χ0) is 5.70. The summed E-state index contributed by atoms with van der Waals surface area (Å²) in [6.07, 6.45) is 0. The Bertz CT molecular complexity index is 74.8. The van der Waals surface area contributed by atoms with Gasteiger partial charge < -0.3 is 1.43 Å². The van der Waals surface area contributed by atoms with Crippen LogP contribution in [-0.4, -0.2) is 10.6 Å². The molecule has 0 fully saturated rings. The van der Waals surface area contributed by atoms with Crippen LogP contribution in [0.1, 0.15) is 8.35 Å². The SMILES string of the molecule is CCSO[P+](=O)O.[H-].[K+]. The summed E-state index contributed by atoms with van der Waals surface area (Å²) in [6.45, 7) is 1.84. The van der Waals surface area contributed by atoms with Crippen molar-refractivity contribution >= 4 is 20.3 Å². The van der Waals surface area contributed by atoms with Gasteiger partial charge >= 0.3 is 59.6 Å². The van der Waals surface area contributed by atoms with Crippen LogP contribution in [0.15, 0.2) is 0 Å². The quantitative estimate of drug-likeness (QED) is 0.325. The van der Waals surface area contributed by atoms with Crippen molar-refractivity contribution in [1.82, 2.24) is 0 Å². The molecule has 0 saturated carbocycles. The van der Waals surface area contributed by atoms with Crippen LogP contribution in [0.5, 0.6) is 0 Å². The number of hydrogen-bond donors (Lipinski definition) is 1. The topological polar surface area (TPSA) is 46.5 Å². The Morgan fingerprint density at radius 3 is 2.62 bits per heavy atom. The second-order valence-corrected chi connectivity index (χ2v) is 2.60. The van der Waals surface area contributed by atoms with E-state index >= 15 is 0 Å². The summed E-state index contributed by atoms with van der Waals surface area (Å²) in [5, 5.41) is 0. The van der Waals surface area contributed by atoms with Gasteiger partial charge in [0.2, 0.25) is 0 Å². The molecule has 1 atom stereocenters. The molecule has 3 nitrogen and oxygen atoms in total. The molecule has 0 radical (unpaired) electrons. The molecule has 1 unspecified atom stereocenters. The van der Waals surface area contributed by atoms with Crippen molar-refractivity contribution in [3.63, 3.8) is 0 Å². The molecular weight excluding hydrogens is 174 g/mol. The maximum atomic E-state index is 9.66. The summed E-state index contributed by atoms with van der Waals surface area (Å²) in [4.78, 5) is 7.95. The van der Waals surface area contributed by atoms with Gasteiger partial charge in [0, 0.05) is 10.3 Å². The van der Waals surface area contributed by atoms with Crippen LogP contribution in [-0.2, 0) is 8.54 Å². The standard InChI is InChI=1S/C2H5O3PS.K.H/c1-2-7-5-6(3)4;;/h2H2,1H3;;/q;+1;-1/p+1. The third-order valence-corrected chi connectivity index (χ3v) is 1.40.